The van der Waals surface area contributed by atoms with Gasteiger partial charge in [0.15, 0.2) is 8.38 Å². The molecule has 0 saturated carbocycles. The first-order valence-electron chi connectivity index (χ1n) is 4.57. The number of hydrogen-bond donors (Lipinski definition) is 7. The third-order valence-corrected chi connectivity index (χ3v) is 3.12. The Labute approximate surface area is 87.9 Å². The fourth-order valence-electron chi connectivity index (χ4n) is 1.55. The molecule has 15 heavy (non-hydrogen) atoms. The van der Waals surface area contributed by atoms with E-state index in [1.807, 2.05) is 0 Å². The number of aliphatic hydroxyl groups is 4. The smallest absolute Gasteiger partial charge is 0.164 e. The Morgan fingerprint density at radius 2 is 1.53 bits per heavy atom. The van der Waals surface area contributed by atoms with Gasteiger partial charge in [-0.1, -0.05) is 0 Å². The van der Waals surface area contributed by atoms with Crippen molar-refractivity contribution in [3.05, 3.63) is 0 Å². The zero-order valence-corrected chi connectivity index (χ0v) is 8.83. The number of nitrogens with one attached hydrogen (secondary N) is 1. The Morgan fingerprint density at radius 3 is 2.07 bits per heavy atom. The Morgan fingerprint density at radius 1 is 0.933 bits per heavy atom. The lowest BCUT2D eigenvalue weighted by Gasteiger charge is -2.39. The highest BCUT2D eigenvalue weighted by molar-refractivity contribution is 7.45. The van der Waals surface area contributed by atoms with Crippen molar-refractivity contribution in [2.45, 2.75) is 37.0 Å². The van der Waals surface area contributed by atoms with E-state index in [-0.39, 0.29) is 12.6 Å². The van der Waals surface area contributed by atoms with E-state index in [9.17, 15) is 20.4 Å². The molecule has 5 atom stereocenters. The molecule has 0 amide bonds. The number of piperidine rings is 1. The van der Waals surface area contributed by atoms with Gasteiger partial charge in [0.1, 0.15) is 18.4 Å². The zero-order valence-electron chi connectivity index (χ0n) is 7.93. The maximum atomic E-state index is 9.50. The minimum Gasteiger partial charge on any atom is -0.389 e. The highest BCUT2D eigenvalue weighted by Crippen LogP contribution is 2.26. The van der Waals surface area contributed by atoms with Crippen molar-refractivity contribution in [2.24, 2.45) is 0 Å². The summed E-state index contributed by atoms with van der Waals surface area (Å²) in [5.41, 5.74) is 0. The van der Waals surface area contributed by atoms with Crippen LogP contribution in [0.25, 0.3) is 0 Å². The molecule has 0 aromatic carbocycles. The molecule has 0 bridgehead atoms. The highest BCUT2D eigenvalue weighted by atomic mass is 31.2. The summed E-state index contributed by atoms with van der Waals surface area (Å²) in [4.78, 5) is 17.4. The summed E-state index contributed by atoms with van der Waals surface area (Å²) in [5.74, 6) is 0. The minimum atomic E-state index is -2.06. The lowest BCUT2D eigenvalue weighted by molar-refractivity contribution is -0.157. The van der Waals surface area contributed by atoms with Crippen molar-refractivity contribution in [2.75, 3.05) is 6.16 Å². The molecule has 1 heterocycles. The van der Waals surface area contributed by atoms with Crippen LogP contribution in [-0.4, -0.2) is 67.0 Å². The average molecular weight is 241 g/mol. The Bertz CT molecular complexity index is 206. The quantitative estimate of drug-likeness (QED) is 0.263. The van der Waals surface area contributed by atoms with Crippen LogP contribution in [0.15, 0.2) is 0 Å². The largest absolute Gasteiger partial charge is 0.389 e. The number of aliphatic hydroxyl groups excluding tert-OH is 4. The van der Waals surface area contributed by atoms with Gasteiger partial charge in [0.2, 0.25) is 0 Å². The van der Waals surface area contributed by atoms with Gasteiger partial charge in [-0.05, 0) is 6.42 Å². The van der Waals surface area contributed by atoms with Crippen molar-refractivity contribution >= 4 is 8.38 Å². The molecule has 1 rings (SSSR count). The van der Waals surface area contributed by atoms with Gasteiger partial charge in [0.25, 0.3) is 0 Å². The highest BCUT2D eigenvalue weighted by Gasteiger charge is 2.41. The molecule has 1 fully saturated rings. The molecule has 90 valence electrons. The number of rotatable bonds is 3. The zero-order chi connectivity index (χ0) is 11.6. The third kappa shape index (κ3) is 3.30. The summed E-state index contributed by atoms with van der Waals surface area (Å²) < 4.78 is 0. The Kier molecular flexibility index (Phi) is 4.82. The van der Waals surface area contributed by atoms with E-state index in [4.69, 9.17) is 9.79 Å². The predicted octanol–water partition coefficient (Wildman–Crippen LogP) is -2.95. The van der Waals surface area contributed by atoms with Gasteiger partial charge < -0.3 is 30.2 Å². The predicted molar refractivity (Wildman–Crippen MR) is 51.8 cm³/mol. The second kappa shape index (κ2) is 5.47. The number of hydrogen-bond acceptors (Lipinski definition) is 7. The Balaban J connectivity index is 2.51. The minimum absolute atomic E-state index is 0.0690. The molecule has 0 spiro atoms. The van der Waals surface area contributed by atoms with Crippen LogP contribution in [0, 0.1) is 0 Å². The standard InChI is InChI=1S/C7H16NO6P/c9-4-3(1-2-15(13)14)8-7(12)6(11)5(4)10/h3-14H,1-2H2/t3?,4-,5?,6?,7-/m1/s1. The molecule has 0 aliphatic carbocycles. The molecular formula is C7H16NO6P. The summed E-state index contributed by atoms with van der Waals surface area (Å²) in [6.45, 7) is 0. The van der Waals surface area contributed by atoms with E-state index in [0.29, 0.717) is 0 Å². The van der Waals surface area contributed by atoms with Gasteiger partial charge in [-0.25, -0.2) is 0 Å². The van der Waals surface area contributed by atoms with Crippen LogP contribution >= 0.6 is 8.38 Å². The second-order valence-corrected chi connectivity index (χ2v) is 4.77. The summed E-state index contributed by atoms with van der Waals surface area (Å²) in [6, 6.07) is -0.664. The van der Waals surface area contributed by atoms with Crippen LogP contribution < -0.4 is 5.32 Å². The molecule has 0 aromatic rings. The monoisotopic (exact) mass is 241 g/mol. The summed E-state index contributed by atoms with van der Waals surface area (Å²) in [5, 5.41) is 39.8. The second-order valence-electron chi connectivity index (χ2n) is 3.57. The molecule has 8 heteroatoms. The van der Waals surface area contributed by atoms with Gasteiger partial charge in [0, 0.05) is 12.2 Å². The maximum absolute atomic E-state index is 9.50. The fraction of sp³-hybridized carbons (Fsp3) is 1.00. The van der Waals surface area contributed by atoms with Gasteiger partial charge in [0.05, 0.1) is 6.10 Å². The van der Waals surface area contributed by atoms with Gasteiger partial charge in [-0.15, -0.1) is 0 Å². The van der Waals surface area contributed by atoms with Crippen molar-refractivity contribution in [1.29, 1.82) is 0 Å². The molecular weight excluding hydrogens is 225 g/mol. The van der Waals surface area contributed by atoms with Crippen molar-refractivity contribution in [3.8, 4) is 0 Å². The third-order valence-electron chi connectivity index (χ3n) is 2.46. The lowest BCUT2D eigenvalue weighted by Crippen LogP contribution is -2.64. The normalized spacial score (nSPS) is 42.2. The van der Waals surface area contributed by atoms with E-state index in [2.05, 4.69) is 5.32 Å². The van der Waals surface area contributed by atoms with E-state index >= 15 is 0 Å². The first-order valence-corrected chi connectivity index (χ1v) is 6.00. The maximum Gasteiger partial charge on any atom is 0.164 e. The van der Waals surface area contributed by atoms with Gasteiger partial charge in [-0.2, -0.15) is 0 Å². The summed E-state index contributed by atoms with van der Waals surface area (Å²) in [6.07, 6.45) is -5.17. The van der Waals surface area contributed by atoms with Crippen molar-refractivity contribution < 1.29 is 30.2 Å². The van der Waals surface area contributed by atoms with Crippen LogP contribution in [-0.2, 0) is 0 Å². The molecule has 0 aromatic heterocycles. The van der Waals surface area contributed by atoms with Crippen LogP contribution in [0.1, 0.15) is 6.42 Å². The first-order chi connectivity index (χ1) is 6.93. The summed E-state index contributed by atoms with van der Waals surface area (Å²) >= 11 is 0. The van der Waals surface area contributed by atoms with E-state index in [1.54, 1.807) is 0 Å². The molecule has 7 N–H and O–H groups in total. The fourth-order valence-corrected chi connectivity index (χ4v) is 2.06. The lowest BCUT2D eigenvalue weighted by atomic mass is 9.93. The molecule has 1 aliphatic heterocycles. The van der Waals surface area contributed by atoms with E-state index in [0.717, 1.165) is 0 Å². The van der Waals surface area contributed by atoms with E-state index in [1.165, 1.54) is 0 Å². The topological polar surface area (TPSA) is 133 Å². The van der Waals surface area contributed by atoms with Crippen molar-refractivity contribution in [1.82, 2.24) is 5.32 Å². The molecule has 0 radical (unpaired) electrons. The molecule has 1 saturated heterocycles. The first kappa shape index (κ1) is 13.2. The van der Waals surface area contributed by atoms with Gasteiger partial charge >= 0.3 is 0 Å². The van der Waals surface area contributed by atoms with Crippen LogP contribution in [0.3, 0.4) is 0 Å². The SMILES string of the molecule is OC1C(O)[C@@H](O)NC(CCP(O)O)[C@H]1O. The van der Waals surface area contributed by atoms with E-state index < -0.39 is 39.0 Å². The van der Waals surface area contributed by atoms with Gasteiger partial charge in [-0.3, -0.25) is 5.32 Å². The van der Waals surface area contributed by atoms with Crippen LogP contribution in [0.2, 0.25) is 0 Å². The van der Waals surface area contributed by atoms with Crippen LogP contribution in [0.5, 0.6) is 0 Å². The van der Waals surface area contributed by atoms with Crippen molar-refractivity contribution in [3.63, 3.8) is 0 Å². The Hall–Kier alpha value is 0.150. The molecule has 3 unspecified atom stereocenters. The van der Waals surface area contributed by atoms with Crippen LogP contribution in [0.4, 0.5) is 0 Å². The molecule has 7 nitrogen and oxygen atoms in total. The summed E-state index contributed by atoms with van der Waals surface area (Å²) in [7, 11) is -2.06. The molecule has 1 aliphatic rings. The average Bonchev–Trinajstić information content (AvgIpc) is 2.18.